The molecule has 1 fully saturated rings. The molecule has 3 aromatic heterocycles. The number of piperazine rings is 1. The first kappa shape index (κ1) is 17.5. The number of aromatic nitrogens is 5. The molecule has 0 unspecified atom stereocenters. The minimum absolute atomic E-state index is 0.0327. The topological polar surface area (TPSA) is 88.0 Å². The lowest BCUT2D eigenvalue weighted by Gasteiger charge is -2.35. The van der Waals surface area contributed by atoms with Gasteiger partial charge in [-0.2, -0.15) is 0 Å². The minimum Gasteiger partial charge on any atom is -0.352 e. The predicted molar refractivity (Wildman–Crippen MR) is 103 cm³/mol. The van der Waals surface area contributed by atoms with Gasteiger partial charge in [-0.05, 0) is 12.5 Å². The van der Waals surface area contributed by atoms with Gasteiger partial charge in [0.1, 0.15) is 10.7 Å². The van der Waals surface area contributed by atoms with Gasteiger partial charge in [-0.15, -0.1) is 11.3 Å². The van der Waals surface area contributed by atoms with Crippen LogP contribution in [0.4, 0.5) is 5.82 Å². The zero-order valence-electron chi connectivity index (χ0n) is 14.9. The Morgan fingerprint density at radius 2 is 1.85 bits per heavy atom. The summed E-state index contributed by atoms with van der Waals surface area (Å²) in [5, 5.41) is 0.689. The largest absolute Gasteiger partial charge is 0.352 e. The van der Waals surface area contributed by atoms with Gasteiger partial charge in [-0.1, -0.05) is 6.92 Å². The molecule has 138 valence electrons. The van der Waals surface area contributed by atoms with Crippen LogP contribution in [0.5, 0.6) is 0 Å². The number of anilines is 1. The monoisotopic (exact) mass is 381 g/mol. The van der Waals surface area contributed by atoms with Crippen LogP contribution in [0.2, 0.25) is 0 Å². The number of aryl methyl sites for hydroxylation is 1. The first-order chi connectivity index (χ1) is 13.3. The van der Waals surface area contributed by atoms with Gasteiger partial charge < -0.3 is 9.80 Å². The zero-order chi connectivity index (χ0) is 18.6. The Labute approximate surface area is 161 Å². The molecule has 0 aromatic carbocycles. The molecular formula is C18H19N7OS. The van der Waals surface area contributed by atoms with E-state index in [1.807, 2.05) is 11.8 Å². The lowest BCUT2D eigenvalue weighted by Crippen LogP contribution is -2.49. The number of hydrogen-bond donors (Lipinski definition) is 0. The van der Waals surface area contributed by atoms with E-state index >= 15 is 0 Å². The van der Waals surface area contributed by atoms with Gasteiger partial charge in [0.25, 0.3) is 5.91 Å². The Balaban J connectivity index is 1.49. The highest BCUT2D eigenvalue weighted by Crippen LogP contribution is 2.27. The van der Waals surface area contributed by atoms with Crippen molar-refractivity contribution in [3.8, 4) is 10.8 Å². The van der Waals surface area contributed by atoms with Crippen molar-refractivity contribution >= 4 is 23.1 Å². The third-order valence-electron chi connectivity index (χ3n) is 4.42. The normalized spacial score (nSPS) is 14.4. The second-order valence-corrected chi connectivity index (χ2v) is 7.06. The van der Waals surface area contributed by atoms with Crippen LogP contribution in [0, 0.1) is 0 Å². The molecule has 0 N–H and O–H groups in total. The molecule has 27 heavy (non-hydrogen) atoms. The molecular weight excluding hydrogens is 362 g/mol. The Kier molecular flexibility index (Phi) is 5.01. The fraction of sp³-hybridized carbons (Fsp3) is 0.333. The minimum atomic E-state index is 0.0327. The summed E-state index contributed by atoms with van der Waals surface area (Å²) in [6.07, 6.45) is 9.16. The van der Waals surface area contributed by atoms with E-state index in [4.69, 9.17) is 0 Å². The van der Waals surface area contributed by atoms with Gasteiger partial charge in [0, 0.05) is 51.0 Å². The van der Waals surface area contributed by atoms with Crippen molar-refractivity contribution in [2.24, 2.45) is 0 Å². The molecule has 1 aliphatic rings. The van der Waals surface area contributed by atoms with E-state index in [0.717, 1.165) is 24.6 Å². The van der Waals surface area contributed by atoms with Crippen molar-refractivity contribution < 1.29 is 4.79 Å². The maximum absolute atomic E-state index is 13.1. The number of carbonyl (C=O) groups excluding carboxylic acids is 1. The van der Waals surface area contributed by atoms with Crippen LogP contribution >= 0.6 is 11.3 Å². The van der Waals surface area contributed by atoms with E-state index in [2.05, 4.69) is 29.8 Å². The number of rotatable bonds is 4. The quantitative estimate of drug-likeness (QED) is 0.682. The van der Waals surface area contributed by atoms with Crippen molar-refractivity contribution in [2.75, 3.05) is 31.1 Å². The average Bonchev–Trinajstić information content (AvgIpc) is 3.19. The molecule has 4 heterocycles. The van der Waals surface area contributed by atoms with Crippen molar-refractivity contribution in [2.45, 2.75) is 13.3 Å². The lowest BCUT2D eigenvalue weighted by atomic mass is 10.2. The predicted octanol–water partition coefficient (Wildman–Crippen LogP) is 1.91. The van der Waals surface area contributed by atoms with Crippen LogP contribution in [0.15, 0.2) is 37.1 Å². The molecule has 0 spiro atoms. The summed E-state index contributed by atoms with van der Waals surface area (Å²) in [4.78, 5) is 39.3. The third kappa shape index (κ3) is 3.63. The first-order valence-electron chi connectivity index (χ1n) is 8.83. The average molecular weight is 381 g/mol. The van der Waals surface area contributed by atoms with Crippen LogP contribution in [-0.2, 0) is 6.42 Å². The Hall–Kier alpha value is -2.94. The van der Waals surface area contributed by atoms with Crippen LogP contribution in [0.1, 0.15) is 22.3 Å². The summed E-state index contributed by atoms with van der Waals surface area (Å²) < 4.78 is 0. The van der Waals surface area contributed by atoms with E-state index in [0.29, 0.717) is 35.2 Å². The van der Waals surface area contributed by atoms with Gasteiger partial charge in [0.15, 0.2) is 10.8 Å². The molecule has 0 bridgehead atoms. The number of hydrogen-bond acceptors (Lipinski definition) is 8. The molecule has 3 aromatic rings. The van der Waals surface area contributed by atoms with Crippen LogP contribution in [0.25, 0.3) is 10.8 Å². The molecule has 0 aliphatic carbocycles. The second kappa shape index (κ2) is 7.75. The lowest BCUT2D eigenvalue weighted by molar-refractivity contribution is 0.0750. The highest BCUT2D eigenvalue weighted by atomic mass is 32.1. The van der Waals surface area contributed by atoms with E-state index < -0.39 is 0 Å². The summed E-state index contributed by atoms with van der Waals surface area (Å²) in [5.41, 5.74) is 0.809. The summed E-state index contributed by atoms with van der Waals surface area (Å²) in [6, 6.07) is 1.76. The van der Waals surface area contributed by atoms with E-state index in [9.17, 15) is 4.79 Å². The van der Waals surface area contributed by atoms with Crippen LogP contribution in [-0.4, -0.2) is 61.9 Å². The summed E-state index contributed by atoms with van der Waals surface area (Å²) in [7, 11) is 0. The summed E-state index contributed by atoms with van der Waals surface area (Å²) in [5.74, 6) is 1.44. The number of nitrogens with zero attached hydrogens (tertiary/aromatic N) is 7. The van der Waals surface area contributed by atoms with Crippen molar-refractivity contribution in [3.63, 3.8) is 0 Å². The third-order valence-corrected chi connectivity index (χ3v) is 5.51. The van der Waals surface area contributed by atoms with Gasteiger partial charge in [0.2, 0.25) is 0 Å². The Morgan fingerprint density at radius 3 is 2.52 bits per heavy atom. The molecule has 0 atom stereocenters. The van der Waals surface area contributed by atoms with E-state index in [1.165, 1.54) is 11.3 Å². The fourth-order valence-electron chi connectivity index (χ4n) is 3.00. The molecule has 0 saturated carbocycles. The van der Waals surface area contributed by atoms with Crippen molar-refractivity contribution in [1.82, 2.24) is 29.8 Å². The highest BCUT2D eigenvalue weighted by Gasteiger charge is 2.27. The molecule has 0 radical (unpaired) electrons. The molecule has 4 rings (SSSR count). The summed E-state index contributed by atoms with van der Waals surface area (Å²) >= 11 is 1.37. The first-order valence-corrected chi connectivity index (χ1v) is 9.65. The highest BCUT2D eigenvalue weighted by molar-refractivity contribution is 7.17. The fourth-order valence-corrected chi connectivity index (χ4v) is 4.07. The van der Waals surface area contributed by atoms with Gasteiger partial charge in [-0.25, -0.2) is 19.9 Å². The van der Waals surface area contributed by atoms with Gasteiger partial charge >= 0.3 is 0 Å². The summed E-state index contributed by atoms with van der Waals surface area (Å²) in [6.45, 7) is 4.77. The van der Waals surface area contributed by atoms with E-state index in [-0.39, 0.29) is 5.91 Å². The molecule has 1 saturated heterocycles. The molecule has 8 nitrogen and oxygen atoms in total. The van der Waals surface area contributed by atoms with Crippen LogP contribution < -0.4 is 4.90 Å². The number of carbonyl (C=O) groups is 1. The van der Waals surface area contributed by atoms with Crippen LogP contribution in [0.3, 0.4) is 0 Å². The second-order valence-electron chi connectivity index (χ2n) is 6.06. The number of amides is 1. The maximum atomic E-state index is 13.1. The van der Waals surface area contributed by atoms with Crippen molar-refractivity contribution in [3.05, 3.63) is 47.6 Å². The zero-order valence-corrected chi connectivity index (χ0v) is 15.8. The van der Waals surface area contributed by atoms with Crippen molar-refractivity contribution in [1.29, 1.82) is 0 Å². The standard InChI is InChI=1S/C18H19N7OS/c1-2-13-15(27-17(23-13)16-21-4-3-5-22-16)18(26)25-10-8-24(9-11-25)14-12-19-6-7-20-14/h3-7,12H,2,8-11H2,1H3. The Morgan fingerprint density at radius 1 is 1.07 bits per heavy atom. The number of thiazole rings is 1. The SMILES string of the molecule is CCc1nc(-c2ncccn2)sc1C(=O)N1CCN(c2cnccn2)CC1. The van der Waals surface area contributed by atoms with Gasteiger partial charge in [0.05, 0.1) is 11.9 Å². The van der Waals surface area contributed by atoms with Gasteiger partial charge in [-0.3, -0.25) is 9.78 Å². The molecule has 9 heteroatoms. The Bertz CT molecular complexity index is 908. The van der Waals surface area contributed by atoms with E-state index in [1.54, 1.807) is 37.1 Å². The molecule has 1 amide bonds. The smallest absolute Gasteiger partial charge is 0.266 e. The molecule has 1 aliphatic heterocycles. The maximum Gasteiger partial charge on any atom is 0.266 e.